The van der Waals surface area contributed by atoms with E-state index in [1.54, 1.807) is 35.2 Å². The summed E-state index contributed by atoms with van der Waals surface area (Å²) in [5.41, 5.74) is 1.11. The summed E-state index contributed by atoms with van der Waals surface area (Å²) in [7, 11) is 0. The van der Waals surface area contributed by atoms with Crippen molar-refractivity contribution in [3.05, 3.63) is 70.1 Å². The van der Waals surface area contributed by atoms with Crippen LogP contribution in [0.15, 0.2) is 54.6 Å². The van der Waals surface area contributed by atoms with Gasteiger partial charge in [-0.1, -0.05) is 35.9 Å². The first kappa shape index (κ1) is 19.6. The van der Waals surface area contributed by atoms with Gasteiger partial charge >= 0.3 is 0 Å². The molecular weight excluding hydrogens is 408 g/mol. The van der Waals surface area contributed by atoms with Gasteiger partial charge in [-0.25, -0.2) is 0 Å². The van der Waals surface area contributed by atoms with Gasteiger partial charge in [0.05, 0.1) is 18.2 Å². The Bertz CT molecular complexity index is 1090. The lowest BCUT2D eigenvalue weighted by atomic mass is 10.1. The third-order valence-corrected chi connectivity index (χ3v) is 6.28. The van der Waals surface area contributed by atoms with Crippen molar-refractivity contribution in [3.63, 3.8) is 0 Å². The predicted molar refractivity (Wildman–Crippen MR) is 118 cm³/mol. The second-order valence-electron chi connectivity index (χ2n) is 6.58. The van der Waals surface area contributed by atoms with Crippen LogP contribution in [-0.2, 0) is 9.53 Å². The highest BCUT2D eigenvalue weighted by Gasteiger charge is 2.18. The molecular formula is C22H19ClN2O3S. The van der Waals surface area contributed by atoms with E-state index in [1.165, 1.54) is 17.4 Å². The SMILES string of the molecule is O=C(/C=C/c1sc2ccccc2c1Cl)Nc1cccc(C(=O)N2CCOCC2)c1. The maximum atomic E-state index is 12.6. The molecule has 29 heavy (non-hydrogen) atoms. The Morgan fingerprint density at radius 3 is 2.69 bits per heavy atom. The highest BCUT2D eigenvalue weighted by atomic mass is 35.5. The molecule has 0 atom stereocenters. The van der Waals surface area contributed by atoms with Gasteiger partial charge in [0.25, 0.3) is 5.91 Å². The normalized spacial score (nSPS) is 14.4. The number of hydrogen-bond donors (Lipinski definition) is 1. The fourth-order valence-corrected chi connectivity index (χ4v) is 4.55. The summed E-state index contributed by atoms with van der Waals surface area (Å²) < 4.78 is 6.36. The molecule has 2 amide bonds. The van der Waals surface area contributed by atoms with Crippen molar-refractivity contribution in [1.29, 1.82) is 0 Å². The van der Waals surface area contributed by atoms with Crippen molar-refractivity contribution < 1.29 is 14.3 Å². The zero-order valence-electron chi connectivity index (χ0n) is 15.6. The summed E-state index contributed by atoms with van der Waals surface area (Å²) in [6, 6.07) is 14.8. The average molecular weight is 427 g/mol. The molecule has 1 aliphatic heterocycles. The number of morpholine rings is 1. The van der Waals surface area contributed by atoms with Crippen LogP contribution in [0, 0.1) is 0 Å². The van der Waals surface area contributed by atoms with E-state index in [2.05, 4.69) is 5.32 Å². The third-order valence-electron chi connectivity index (χ3n) is 4.62. The fourth-order valence-electron chi connectivity index (χ4n) is 3.15. The molecule has 2 heterocycles. The molecule has 0 unspecified atom stereocenters. The predicted octanol–water partition coefficient (Wildman–Crippen LogP) is 4.68. The summed E-state index contributed by atoms with van der Waals surface area (Å²) in [5, 5.41) is 4.43. The van der Waals surface area contributed by atoms with Gasteiger partial charge in [-0.15, -0.1) is 11.3 Å². The van der Waals surface area contributed by atoms with E-state index < -0.39 is 0 Å². The van der Waals surface area contributed by atoms with Gasteiger partial charge in [-0.2, -0.15) is 0 Å². The van der Waals surface area contributed by atoms with Crippen molar-refractivity contribution >= 4 is 56.6 Å². The van der Waals surface area contributed by atoms with Crippen molar-refractivity contribution in [2.24, 2.45) is 0 Å². The van der Waals surface area contributed by atoms with Crippen molar-refractivity contribution in [3.8, 4) is 0 Å². The van der Waals surface area contributed by atoms with Crippen LogP contribution < -0.4 is 5.32 Å². The number of nitrogens with zero attached hydrogens (tertiary/aromatic N) is 1. The summed E-state index contributed by atoms with van der Waals surface area (Å²) in [6.45, 7) is 2.25. The van der Waals surface area contributed by atoms with E-state index in [9.17, 15) is 9.59 Å². The van der Waals surface area contributed by atoms with Crippen molar-refractivity contribution in [2.45, 2.75) is 0 Å². The molecule has 1 saturated heterocycles. The van der Waals surface area contributed by atoms with Gasteiger partial charge < -0.3 is 15.0 Å². The number of carbonyl (C=O) groups excluding carboxylic acids is 2. The van der Waals surface area contributed by atoms with Crippen LogP contribution in [0.3, 0.4) is 0 Å². The summed E-state index contributed by atoms with van der Waals surface area (Å²) in [5.74, 6) is -0.341. The number of benzene rings is 2. The van der Waals surface area contributed by atoms with Gasteiger partial charge in [-0.3, -0.25) is 9.59 Å². The van der Waals surface area contributed by atoms with E-state index in [4.69, 9.17) is 16.3 Å². The number of halogens is 1. The molecule has 0 spiro atoms. The third kappa shape index (κ3) is 4.50. The van der Waals surface area contributed by atoms with Gasteiger partial charge in [0.1, 0.15) is 0 Å². The van der Waals surface area contributed by atoms with Gasteiger partial charge in [0.2, 0.25) is 5.91 Å². The number of hydrogen-bond acceptors (Lipinski definition) is 4. The lowest BCUT2D eigenvalue weighted by Gasteiger charge is -2.27. The van der Waals surface area contributed by atoms with E-state index in [-0.39, 0.29) is 11.8 Å². The summed E-state index contributed by atoms with van der Waals surface area (Å²) >= 11 is 7.94. The Labute approximate surface area is 177 Å². The van der Waals surface area contributed by atoms with Crippen LogP contribution >= 0.6 is 22.9 Å². The number of thiophene rings is 1. The molecule has 0 bridgehead atoms. The highest BCUT2D eigenvalue weighted by Crippen LogP contribution is 2.35. The van der Waals surface area contributed by atoms with Crippen LogP contribution in [0.1, 0.15) is 15.2 Å². The van der Waals surface area contributed by atoms with Gasteiger partial charge in [0.15, 0.2) is 0 Å². The molecule has 4 rings (SSSR count). The molecule has 7 heteroatoms. The minimum absolute atomic E-state index is 0.0583. The molecule has 1 fully saturated rings. The zero-order valence-corrected chi connectivity index (χ0v) is 17.1. The van der Waals surface area contributed by atoms with Crippen LogP contribution in [0.2, 0.25) is 5.02 Å². The molecule has 1 aliphatic rings. The molecule has 5 nitrogen and oxygen atoms in total. The quantitative estimate of drug-likeness (QED) is 0.616. The molecule has 1 N–H and O–H groups in total. The highest BCUT2D eigenvalue weighted by molar-refractivity contribution is 7.20. The first-order chi connectivity index (χ1) is 14.1. The lowest BCUT2D eigenvalue weighted by molar-refractivity contribution is -0.111. The smallest absolute Gasteiger partial charge is 0.254 e. The number of carbonyl (C=O) groups is 2. The molecule has 3 aromatic rings. The van der Waals surface area contributed by atoms with Crippen LogP contribution in [0.5, 0.6) is 0 Å². The lowest BCUT2D eigenvalue weighted by Crippen LogP contribution is -2.40. The Morgan fingerprint density at radius 1 is 1.10 bits per heavy atom. The van der Waals surface area contributed by atoms with Crippen LogP contribution in [0.4, 0.5) is 5.69 Å². The molecule has 0 aliphatic carbocycles. The number of amides is 2. The molecule has 0 saturated carbocycles. The van der Waals surface area contributed by atoms with Crippen LogP contribution in [-0.4, -0.2) is 43.0 Å². The van der Waals surface area contributed by atoms with Crippen molar-refractivity contribution in [1.82, 2.24) is 4.90 Å². The largest absolute Gasteiger partial charge is 0.378 e. The monoisotopic (exact) mass is 426 g/mol. The maximum absolute atomic E-state index is 12.6. The summed E-state index contributed by atoms with van der Waals surface area (Å²) in [6.07, 6.45) is 3.16. The first-order valence-corrected chi connectivity index (χ1v) is 10.4. The number of anilines is 1. The maximum Gasteiger partial charge on any atom is 0.254 e. The molecule has 0 radical (unpaired) electrons. The first-order valence-electron chi connectivity index (χ1n) is 9.25. The molecule has 1 aromatic heterocycles. The standard InChI is InChI=1S/C22H19ClN2O3S/c23-21-17-6-1-2-7-18(17)29-19(21)8-9-20(26)24-16-5-3-4-15(14-16)22(27)25-10-12-28-13-11-25/h1-9,14H,10-13H2,(H,24,26)/b9-8+. The Hall–Kier alpha value is -2.67. The second-order valence-corrected chi connectivity index (χ2v) is 8.05. The minimum Gasteiger partial charge on any atom is -0.378 e. The van der Waals surface area contributed by atoms with E-state index in [0.717, 1.165) is 15.0 Å². The number of nitrogens with one attached hydrogen (secondary N) is 1. The average Bonchev–Trinajstić information content (AvgIpc) is 3.08. The number of rotatable bonds is 4. The fraction of sp³-hybridized carbons (Fsp3) is 0.182. The Balaban J connectivity index is 1.44. The Kier molecular flexibility index (Phi) is 5.94. The summed E-state index contributed by atoms with van der Waals surface area (Å²) in [4.78, 5) is 27.5. The molecule has 2 aromatic carbocycles. The number of fused-ring (bicyclic) bond motifs is 1. The number of ether oxygens (including phenoxy) is 1. The van der Waals surface area contributed by atoms with E-state index >= 15 is 0 Å². The van der Waals surface area contributed by atoms with Gasteiger partial charge in [-0.05, 0) is 30.3 Å². The second kappa shape index (κ2) is 8.78. The topological polar surface area (TPSA) is 58.6 Å². The minimum atomic E-state index is -0.283. The van der Waals surface area contributed by atoms with E-state index in [1.807, 2.05) is 24.3 Å². The van der Waals surface area contributed by atoms with Crippen LogP contribution in [0.25, 0.3) is 16.2 Å². The Morgan fingerprint density at radius 2 is 1.90 bits per heavy atom. The zero-order chi connectivity index (χ0) is 20.2. The van der Waals surface area contributed by atoms with E-state index in [0.29, 0.717) is 42.6 Å². The molecule has 148 valence electrons. The van der Waals surface area contributed by atoms with Crippen molar-refractivity contribution in [2.75, 3.05) is 31.6 Å². The van der Waals surface area contributed by atoms with Gasteiger partial charge in [0, 0.05) is 45.4 Å².